The molecule has 11 rings (SSSR count). The lowest BCUT2D eigenvalue weighted by molar-refractivity contribution is 0.447. The van der Waals surface area contributed by atoms with E-state index in [1.54, 1.807) is 0 Å². The van der Waals surface area contributed by atoms with Crippen molar-refractivity contribution in [2.24, 2.45) is 0 Å². The molecule has 0 spiro atoms. The summed E-state index contributed by atoms with van der Waals surface area (Å²) in [6, 6.07) is 50.8. The first-order valence-electron chi connectivity index (χ1n) is 20.2. The number of hydrogen-bond acceptors (Lipinski definition) is 2. The number of anilines is 4. The quantitative estimate of drug-likeness (QED) is 0.133. The Morgan fingerprint density at radius 3 is 2.02 bits per heavy atom. The summed E-state index contributed by atoms with van der Waals surface area (Å²) in [7, 11) is 0. The highest BCUT2D eigenvalue weighted by Crippen LogP contribution is 2.52. The third-order valence-electron chi connectivity index (χ3n) is 13.3. The minimum absolute atomic E-state index is 0.0448. The van der Waals surface area contributed by atoms with Crippen LogP contribution in [0.4, 0.5) is 22.7 Å². The van der Waals surface area contributed by atoms with Crippen LogP contribution in [-0.2, 0) is 18.3 Å². The van der Waals surface area contributed by atoms with Crippen molar-refractivity contribution in [3.8, 4) is 11.1 Å². The molecule has 0 saturated carbocycles. The zero-order chi connectivity index (χ0) is 37.1. The molecule has 8 aromatic carbocycles. The van der Waals surface area contributed by atoms with Crippen LogP contribution in [0.2, 0.25) is 0 Å². The van der Waals surface area contributed by atoms with E-state index in [0.717, 1.165) is 25.8 Å². The molecule has 0 unspecified atom stereocenters. The van der Waals surface area contributed by atoms with Crippen LogP contribution >= 0.6 is 0 Å². The summed E-state index contributed by atoms with van der Waals surface area (Å²) in [6.45, 7) is 10.6. The van der Waals surface area contributed by atoms with Crippen molar-refractivity contribution in [1.29, 1.82) is 0 Å². The minimum Gasteiger partial charge on any atom is -0.341 e. The van der Waals surface area contributed by atoms with Crippen molar-refractivity contribution in [1.82, 2.24) is 0 Å². The lowest BCUT2D eigenvalue weighted by Gasteiger charge is -2.45. The average molecular weight is 711 g/mol. The van der Waals surface area contributed by atoms with E-state index >= 15 is 0 Å². The minimum atomic E-state index is -0.108. The third-order valence-corrected chi connectivity index (χ3v) is 13.3. The molecular weight excluding hydrogens is 665 g/mol. The summed E-state index contributed by atoms with van der Waals surface area (Å²) in [5, 5.41) is 8.00. The topological polar surface area (TPSA) is 6.48 Å². The number of benzene rings is 8. The van der Waals surface area contributed by atoms with Crippen LogP contribution in [0.25, 0.3) is 55.6 Å². The van der Waals surface area contributed by atoms with Crippen molar-refractivity contribution in [2.45, 2.75) is 64.3 Å². The van der Waals surface area contributed by atoms with E-state index < -0.39 is 0 Å². The van der Waals surface area contributed by atoms with Crippen molar-refractivity contribution < 1.29 is 0 Å². The number of fused-ring (bicyclic) bond motifs is 5. The maximum atomic E-state index is 2.59. The van der Waals surface area contributed by atoms with E-state index in [0.29, 0.717) is 0 Å². The van der Waals surface area contributed by atoms with Crippen molar-refractivity contribution in [3.63, 3.8) is 0 Å². The van der Waals surface area contributed by atoms with Crippen LogP contribution in [0.3, 0.4) is 0 Å². The number of aryl methyl sites for hydroxylation is 2. The van der Waals surface area contributed by atoms with Crippen LogP contribution in [-0.4, -0.2) is 12.1 Å². The van der Waals surface area contributed by atoms with Gasteiger partial charge in [0.1, 0.15) is 0 Å². The summed E-state index contributed by atoms with van der Waals surface area (Å²) in [6.07, 6.45) is 9.24. The molecule has 55 heavy (non-hydrogen) atoms. The Morgan fingerprint density at radius 1 is 0.545 bits per heavy atom. The highest BCUT2D eigenvalue weighted by Gasteiger charge is 2.38. The summed E-state index contributed by atoms with van der Waals surface area (Å²) in [5.41, 5.74) is 16.2. The Morgan fingerprint density at radius 2 is 1.20 bits per heavy atom. The first-order chi connectivity index (χ1) is 26.8. The van der Waals surface area contributed by atoms with Gasteiger partial charge in [0, 0.05) is 45.6 Å². The Bertz CT molecular complexity index is 2870. The van der Waals surface area contributed by atoms with Gasteiger partial charge in [-0.3, -0.25) is 0 Å². The predicted octanol–water partition coefficient (Wildman–Crippen LogP) is 14.0. The molecule has 2 nitrogen and oxygen atoms in total. The molecule has 0 bridgehead atoms. The maximum absolute atomic E-state index is 2.59. The van der Waals surface area contributed by atoms with Gasteiger partial charge in [-0.15, -0.1) is 0 Å². The molecule has 0 N–H and O–H groups in total. The molecule has 0 amide bonds. The van der Waals surface area contributed by atoms with E-state index in [1.807, 2.05) is 0 Å². The van der Waals surface area contributed by atoms with Gasteiger partial charge in [0.15, 0.2) is 0 Å². The van der Waals surface area contributed by atoms with E-state index in [2.05, 4.69) is 183 Å². The van der Waals surface area contributed by atoms with Crippen molar-refractivity contribution in [3.05, 3.63) is 167 Å². The van der Waals surface area contributed by atoms with Crippen LogP contribution in [0.5, 0.6) is 0 Å². The molecule has 8 aromatic rings. The van der Waals surface area contributed by atoms with Crippen molar-refractivity contribution >= 4 is 67.2 Å². The number of para-hydroxylation sites is 2. The van der Waals surface area contributed by atoms with E-state index in [9.17, 15) is 0 Å². The third kappa shape index (κ3) is 4.87. The second-order valence-corrected chi connectivity index (χ2v) is 17.3. The lowest BCUT2D eigenvalue weighted by Crippen LogP contribution is -2.44. The standard InChI is InChI=1S/C53H46N2/c1-52(2)30-29-37-11-6-8-14-48(37)55(52)40-23-27-43-42-24-16-34(32-45(42)53(3,4)46(43)33-40)15-17-35-18-19-38-21-26-44-49(28-22-39-20-25-41(35)50(38)51(39)44)54-31-9-12-36-10-5-7-13-47(36)54/h5-8,10-11,13-28,32-33H,9,12,29-31H2,1-4H3/b17-15+. The Labute approximate surface area is 324 Å². The first-order valence-corrected chi connectivity index (χ1v) is 20.2. The van der Waals surface area contributed by atoms with Crippen molar-refractivity contribution in [2.75, 3.05) is 16.3 Å². The van der Waals surface area contributed by atoms with Gasteiger partial charge in [-0.2, -0.15) is 0 Å². The monoisotopic (exact) mass is 710 g/mol. The Balaban J connectivity index is 0.958. The van der Waals surface area contributed by atoms with Gasteiger partial charge in [0.2, 0.25) is 0 Å². The zero-order valence-electron chi connectivity index (χ0n) is 32.3. The van der Waals surface area contributed by atoms with Gasteiger partial charge >= 0.3 is 0 Å². The van der Waals surface area contributed by atoms with Gasteiger partial charge in [-0.25, -0.2) is 0 Å². The summed E-state index contributed by atoms with van der Waals surface area (Å²) in [5.74, 6) is 0. The fourth-order valence-electron chi connectivity index (χ4n) is 10.5. The second kappa shape index (κ2) is 11.8. The molecule has 2 heteroatoms. The highest BCUT2D eigenvalue weighted by atomic mass is 15.2. The first kappa shape index (κ1) is 32.6. The zero-order valence-corrected chi connectivity index (χ0v) is 32.3. The molecule has 0 fully saturated rings. The summed E-state index contributed by atoms with van der Waals surface area (Å²) in [4.78, 5) is 5.14. The number of rotatable bonds is 4. The molecule has 0 radical (unpaired) electrons. The van der Waals surface area contributed by atoms with Gasteiger partial charge in [0.05, 0.1) is 0 Å². The van der Waals surface area contributed by atoms with E-state index in [4.69, 9.17) is 0 Å². The SMILES string of the molecule is CC1(C)c2cc(/C=C/c3ccc4ccc5c(N6CCCc7ccccc76)ccc6ccc3c4c65)ccc2-c2ccc(N3c4ccccc4CCC3(C)C)cc21. The number of hydrogen-bond donors (Lipinski definition) is 0. The summed E-state index contributed by atoms with van der Waals surface area (Å²) < 4.78 is 0. The number of nitrogens with zero attached hydrogens (tertiary/aromatic N) is 2. The highest BCUT2D eigenvalue weighted by molar-refractivity contribution is 6.26. The predicted molar refractivity (Wildman–Crippen MR) is 236 cm³/mol. The second-order valence-electron chi connectivity index (χ2n) is 17.3. The van der Waals surface area contributed by atoms with E-state index in [1.165, 1.54) is 106 Å². The Kier molecular flexibility index (Phi) is 7.00. The molecular formula is C53H46N2. The van der Waals surface area contributed by atoms with Crippen LogP contribution in [0.15, 0.2) is 133 Å². The molecule has 2 heterocycles. The van der Waals surface area contributed by atoms with Gasteiger partial charge < -0.3 is 9.80 Å². The molecule has 0 aromatic heterocycles. The smallest absolute Gasteiger partial charge is 0.0491 e. The molecule has 268 valence electrons. The molecule has 2 aliphatic heterocycles. The lowest BCUT2D eigenvalue weighted by atomic mass is 9.81. The van der Waals surface area contributed by atoms with Gasteiger partial charge in [-0.05, 0) is 141 Å². The molecule has 0 atom stereocenters. The average Bonchev–Trinajstić information content (AvgIpc) is 3.43. The Hall–Kier alpha value is -5.86. The van der Waals surface area contributed by atoms with Crippen LogP contribution < -0.4 is 9.80 Å². The van der Waals surface area contributed by atoms with Crippen LogP contribution in [0, 0.1) is 0 Å². The fraction of sp³-hybridized carbons (Fsp3) is 0.208. The molecule has 3 aliphatic rings. The van der Waals surface area contributed by atoms with Gasteiger partial charge in [-0.1, -0.05) is 129 Å². The molecule has 0 saturated heterocycles. The largest absolute Gasteiger partial charge is 0.341 e. The van der Waals surface area contributed by atoms with E-state index in [-0.39, 0.29) is 11.0 Å². The normalized spacial score (nSPS) is 16.9. The maximum Gasteiger partial charge on any atom is 0.0491 e. The summed E-state index contributed by atoms with van der Waals surface area (Å²) >= 11 is 0. The van der Waals surface area contributed by atoms with Crippen LogP contribution in [0.1, 0.15) is 73.9 Å². The molecule has 1 aliphatic carbocycles. The van der Waals surface area contributed by atoms with Gasteiger partial charge in [0.25, 0.3) is 0 Å². The fourth-order valence-corrected chi connectivity index (χ4v) is 10.5.